The van der Waals surface area contributed by atoms with Crippen LogP contribution in [0.15, 0.2) is 18.2 Å². The molecule has 94 valence electrons. The lowest BCUT2D eigenvalue weighted by molar-refractivity contribution is -0.0845. The zero-order chi connectivity index (χ0) is 12.9. The zero-order valence-electron chi connectivity index (χ0n) is 10.1. The largest absolute Gasteiger partial charge is 0.447 e. The van der Waals surface area contributed by atoms with Gasteiger partial charge >= 0.3 is 12.0 Å². The van der Waals surface area contributed by atoms with Gasteiger partial charge in [0.1, 0.15) is 0 Å². The smallest absolute Gasteiger partial charge is 0.339 e. The summed E-state index contributed by atoms with van der Waals surface area (Å²) in [4.78, 5) is 24.5. The number of nitrogens with two attached hydrogens (primary N) is 1. The third kappa shape index (κ3) is 1.27. The molecule has 2 amide bonds. The highest BCUT2D eigenvalue weighted by Crippen LogP contribution is 2.44. The molecule has 5 heteroatoms. The van der Waals surface area contributed by atoms with Crippen molar-refractivity contribution in [1.82, 2.24) is 4.90 Å². The van der Waals surface area contributed by atoms with Crippen molar-refractivity contribution in [2.24, 2.45) is 5.73 Å². The van der Waals surface area contributed by atoms with Crippen LogP contribution < -0.4 is 5.73 Å². The molecule has 1 aromatic rings. The maximum atomic E-state index is 12.0. The first-order valence-corrected chi connectivity index (χ1v) is 5.97. The lowest BCUT2D eigenvalue weighted by atomic mass is 9.84. The summed E-state index contributed by atoms with van der Waals surface area (Å²) in [6, 6.07) is 5.28. The Bertz CT molecular complexity index is 547. The van der Waals surface area contributed by atoms with E-state index in [-0.39, 0.29) is 5.97 Å². The van der Waals surface area contributed by atoms with Crippen LogP contribution in [0.4, 0.5) is 4.79 Å². The van der Waals surface area contributed by atoms with E-state index in [1.807, 2.05) is 25.1 Å². The number of hydrogen-bond acceptors (Lipinski definition) is 3. The van der Waals surface area contributed by atoms with Crippen molar-refractivity contribution < 1.29 is 14.3 Å². The first-order valence-electron chi connectivity index (χ1n) is 5.97. The van der Waals surface area contributed by atoms with Crippen LogP contribution in [-0.4, -0.2) is 30.0 Å². The van der Waals surface area contributed by atoms with Gasteiger partial charge in [0, 0.05) is 5.56 Å². The van der Waals surface area contributed by atoms with Crippen LogP contribution >= 0.6 is 0 Å². The molecule has 2 heterocycles. The maximum Gasteiger partial charge on any atom is 0.339 e. The summed E-state index contributed by atoms with van der Waals surface area (Å²) in [6.45, 7) is 2.72. The standard InChI is InChI=1S/C13H14N2O3/c1-2-8-4-3-5-9-10(8)11(16)18-13(9)6-15(7-13)12(14)17/h3-5H,2,6-7H2,1H3,(H2,14,17). The van der Waals surface area contributed by atoms with Crippen LogP contribution in [0.1, 0.15) is 28.4 Å². The van der Waals surface area contributed by atoms with E-state index < -0.39 is 11.6 Å². The van der Waals surface area contributed by atoms with Crippen molar-refractivity contribution in [3.05, 3.63) is 34.9 Å². The molecule has 3 rings (SSSR count). The average molecular weight is 246 g/mol. The maximum absolute atomic E-state index is 12.0. The first kappa shape index (κ1) is 11.1. The van der Waals surface area contributed by atoms with Gasteiger partial charge < -0.3 is 15.4 Å². The number of nitrogens with zero attached hydrogens (tertiary/aromatic N) is 1. The summed E-state index contributed by atoms with van der Waals surface area (Å²) in [5.41, 5.74) is 7.10. The van der Waals surface area contributed by atoms with E-state index in [0.29, 0.717) is 18.7 Å². The van der Waals surface area contributed by atoms with Crippen molar-refractivity contribution in [2.75, 3.05) is 13.1 Å². The minimum Gasteiger partial charge on any atom is -0.447 e. The number of hydrogen-bond donors (Lipinski definition) is 1. The Morgan fingerprint density at radius 3 is 2.83 bits per heavy atom. The van der Waals surface area contributed by atoms with E-state index in [4.69, 9.17) is 10.5 Å². The number of fused-ring (bicyclic) bond motifs is 2. The summed E-state index contributed by atoms with van der Waals surface area (Å²) in [5.74, 6) is -0.286. The zero-order valence-corrected chi connectivity index (χ0v) is 10.1. The van der Waals surface area contributed by atoms with Gasteiger partial charge in [0.25, 0.3) is 0 Å². The van der Waals surface area contributed by atoms with Gasteiger partial charge in [0.2, 0.25) is 0 Å². The topological polar surface area (TPSA) is 72.6 Å². The second-order valence-electron chi connectivity index (χ2n) is 4.77. The predicted molar refractivity (Wildman–Crippen MR) is 64.1 cm³/mol. The Hall–Kier alpha value is -2.04. The van der Waals surface area contributed by atoms with Gasteiger partial charge in [0.05, 0.1) is 18.7 Å². The molecule has 0 atom stereocenters. The highest BCUT2D eigenvalue weighted by molar-refractivity contribution is 5.97. The molecule has 1 spiro atoms. The average Bonchev–Trinajstić information content (AvgIpc) is 2.61. The number of amides is 2. The molecular weight excluding hydrogens is 232 g/mol. The molecular formula is C13H14N2O3. The molecule has 5 nitrogen and oxygen atoms in total. The Balaban J connectivity index is 2.01. The van der Waals surface area contributed by atoms with Gasteiger partial charge in [-0.15, -0.1) is 0 Å². The van der Waals surface area contributed by atoms with Crippen LogP contribution in [0.25, 0.3) is 0 Å². The molecule has 2 N–H and O–H groups in total. The summed E-state index contributed by atoms with van der Waals surface area (Å²) in [6.07, 6.45) is 0.786. The fourth-order valence-corrected chi connectivity index (χ4v) is 2.76. The van der Waals surface area contributed by atoms with E-state index >= 15 is 0 Å². The molecule has 0 bridgehead atoms. The fourth-order valence-electron chi connectivity index (χ4n) is 2.76. The highest BCUT2D eigenvalue weighted by atomic mass is 16.6. The molecule has 18 heavy (non-hydrogen) atoms. The number of primary amides is 1. The van der Waals surface area contributed by atoms with Crippen molar-refractivity contribution in [3.63, 3.8) is 0 Å². The fraction of sp³-hybridized carbons (Fsp3) is 0.385. The second kappa shape index (κ2) is 3.48. The first-order chi connectivity index (χ1) is 8.57. The number of benzene rings is 1. The normalized spacial score (nSPS) is 19.4. The number of ether oxygens (including phenoxy) is 1. The molecule has 0 aliphatic carbocycles. The van der Waals surface area contributed by atoms with E-state index in [1.165, 1.54) is 4.90 Å². The molecule has 0 radical (unpaired) electrons. The van der Waals surface area contributed by atoms with Crippen molar-refractivity contribution >= 4 is 12.0 Å². The highest BCUT2D eigenvalue weighted by Gasteiger charge is 2.55. The third-order valence-electron chi connectivity index (χ3n) is 3.72. The molecule has 0 saturated carbocycles. The van der Waals surface area contributed by atoms with Crippen LogP contribution in [-0.2, 0) is 16.8 Å². The summed E-state index contributed by atoms with van der Waals surface area (Å²) >= 11 is 0. The van der Waals surface area contributed by atoms with Crippen LogP contribution in [0.3, 0.4) is 0 Å². The van der Waals surface area contributed by atoms with Crippen molar-refractivity contribution in [2.45, 2.75) is 18.9 Å². The third-order valence-corrected chi connectivity index (χ3v) is 3.72. The Morgan fingerprint density at radius 1 is 1.50 bits per heavy atom. The monoisotopic (exact) mass is 246 g/mol. The van der Waals surface area contributed by atoms with E-state index in [2.05, 4.69) is 0 Å². The quantitative estimate of drug-likeness (QED) is 0.751. The Labute approximate surface area is 105 Å². The number of carbonyl (C=O) groups is 2. The van der Waals surface area contributed by atoms with Gasteiger partial charge in [-0.05, 0) is 12.0 Å². The number of aryl methyl sites for hydroxylation is 1. The molecule has 2 aliphatic rings. The number of likely N-dealkylation sites (tertiary alicyclic amines) is 1. The van der Waals surface area contributed by atoms with Gasteiger partial charge in [-0.2, -0.15) is 0 Å². The lowest BCUT2D eigenvalue weighted by Gasteiger charge is -2.45. The minimum atomic E-state index is -0.660. The van der Waals surface area contributed by atoms with E-state index in [9.17, 15) is 9.59 Å². The summed E-state index contributed by atoms with van der Waals surface area (Å²) in [7, 11) is 0. The lowest BCUT2D eigenvalue weighted by Crippen LogP contribution is -2.62. The van der Waals surface area contributed by atoms with Crippen LogP contribution in [0.5, 0.6) is 0 Å². The van der Waals surface area contributed by atoms with Crippen molar-refractivity contribution in [1.29, 1.82) is 0 Å². The minimum absolute atomic E-state index is 0.286. The van der Waals surface area contributed by atoms with Crippen molar-refractivity contribution in [3.8, 4) is 0 Å². The Morgan fingerprint density at radius 2 is 2.22 bits per heavy atom. The van der Waals surface area contributed by atoms with Gasteiger partial charge in [0.15, 0.2) is 5.60 Å². The molecule has 1 fully saturated rings. The van der Waals surface area contributed by atoms with Gasteiger partial charge in [-0.1, -0.05) is 25.1 Å². The van der Waals surface area contributed by atoms with Gasteiger partial charge in [-0.3, -0.25) is 0 Å². The SMILES string of the molecule is CCc1cccc2c1C(=O)OC21CN(C(N)=O)C1. The second-order valence-corrected chi connectivity index (χ2v) is 4.77. The van der Waals surface area contributed by atoms with Crippen LogP contribution in [0.2, 0.25) is 0 Å². The summed E-state index contributed by atoms with van der Waals surface area (Å²) < 4.78 is 5.49. The Kier molecular flexibility index (Phi) is 2.14. The molecule has 2 aliphatic heterocycles. The summed E-state index contributed by atoms with van der Waals surface area (Å²) in [5, 5.41) is 0. The predicted octanol–water partition coefficient (Wildman–Crippen LogP) is 1.01. The molecule has 1 saturated heterocycles. The number of carbonyl (C=O) groups excluding carboxylic acids is 2. The number of rotatable bonds is 1. The van der Waals surface area contributed by atoms with Gasteiger partial charge in [-0.25, -0.2) is 9.59 Å². The van der Waals surface area contributed by atoms with E-state index in [0.717, 1.165) is 17.5 Å². The number of urea groups is 1. The number of esters is 1. The molecule has 0 unspecified atom stereocenters. The molecule has 1 aromatic carbocycles. The van der Waals surface area contributed by atoms with Crippen LogP contribution in [0, 0.1) is 0 Å². The van der Waals surface area contributed by atoms with E-state index in [1.54, 1.807) is 0 Å². The molecule has 0 aromatic heterocycles.